The highest BCUT2D eigenvalue weighted by atomic mass is 35.5. The zero-order valence-electron chi connectivity index (χ0n) is 11.4. The zero-order chi connectivity index (χ0) is 14.7. The predicted octanol–water partition coefficient (Wildman–Crippen LogP) is 4.08. The molecule has 1 heterocycles. The molecule has 0 saturated heterocycles. The third-order valence-corrected chi connectivity index (χ3v) is 3.70. The first kappa shape index (κ1) is 13.7. The summed E-state index contributed by atoms with van der Waals surface area (Å²) in [4.78, 5) is 14.0. The van der Waals surface area contributed by atoms with E-state index in [2.05, 4.69) is 11.4 Å². The van der Waals surface area contributed by atoms with Crippen molar-refractivity contribution in [2.24, 2.45) is 0 Å². The molecule has 0 aliphatic carbocycles. The van der Waals surface area contributed by atoms with Crippen molar-refractivity contribution in [3.05, 3.63) is 70.9 Å². The number of carbonyl (C=O) groups is 1. The Labute approximate surface area is 128 Å². The second kappa shape index (κ2) is 6.02. The highest BCUT2D eigenvalue weighted by molar-refractivity contribution is 6.30. The molecule has 0 radical (unpaired) electrons. The molecule has 21 heavy (non-hydrogen) atoms. The lowest BCUT2D eigenvalue weighted by Gasteiger charge is -2.16. The SMILES string of the molecule is O=C(N/C=C/c1cccc(Cl)c1)N1CCc2ccccc21. The molecule has 0 saturated carbocycles. The standard InChI is InChI=1S/C17H15ClN2O/c18-15-6-3-4-13(12-15)8-10-19-17(21)20-11-9-14-5-1-2-7-16(14)20/h1-8,10,12H,9,11H2,(H,19,21)/b10-8+. The van der Waals surface area contributed by atoms with Crippen LogP contribution in [0.5, 0.6) is 0 Å². The van der Waals surface area contributed by atoms with Gasteiger partial charge in [0.25, 0.3) is 0 Å². The number of urea groups is 1. The summed E-state index contributed by atoms with van der Waals surface area (Å²) in [5.74, 6) is 0. The number of nitrogens with one attached hydrogen (secondary N) is 1. The first-order valence-corrected chi connectivity index (χ1v) is 7.20. The second-order valence-electron chi connectivity index (χ2n) is 4.87. The maximum Gasteiger partial charge on any atom is 0.325 e. The summed E-state index contributed by atoms with van der Waals surface area (Å²) < 4.78 is 0. The van der Waals surface area contributed by atoms with Crippen LogP contribution in [0.25, 0.3) is 6.08 Å². The molecule has 0 unspecified atom stereocenters. The summed E-state index contributed by atoms with van der Waals surface area (Å²) in [5, 5.41) is 3.47. The Balaban J connectivity index is 1.65. The average Bonchev–Trinajstić information content (AvgIpc) is 2.91. The zero-order valence-corrected chi connectivity index (χ0v) is 12.2. The Morgan fingerprint density at radius 3 is 2.90 bits per heavy atom. The van der Waals surface area contributed by atoms with Crippen molar-refractivity contribution in [3.8, 4) is 0 Å². The molecule has 2 amide bonds. The largest absolute Gasteiger partial charge is 0.325 e. The molecule has 0 bridgehead atoms. The highest BCUT2D eigenvalue weighted by Crippen LogP contribution is 2.27. The first-order chi connectivity index (χ1) is 10.2. The number of anilines is 1. The van der Waals surface area contributed by atoms with Crippen LogP contribution in [0.1, 0.15) is 11.1 Å². The number of amides is 2. The molecule has 1 N–H and O–H groups in total. The topological polar surface area (TPSA) is 32.3 Å². The van der Waals surface area contributed by atoms with Gasteiger partial charge in [-0.25, -0.2) is 4.79 Å². The monoisotopic (exact) mass is 298 g/mol. The van der Waals surface area contributed by atoms with Gasteiger partial charge < -0.3 is 5.32 Å². The van der Waals surface area contributed by atoms with E-state index >= 15 is 0 Å². The van der Waals surface area contributed by atoms with Gasteiger partial charge in [-0.1, -0.05) is 41.9 Å². The molecular weight excluding hydrogens is 284 g/mol. The molecule has 3 rings (SSSR count). The highest BCUT2D eigenvalue weighted by Gasteiger charge is 2.23. The molecule has 3 nitrogen and oxygen atoms in total. The van der Waals surface area contributed by atoms with E-state index in [1.54, 1.807) is 11.1 Å². The van der Waals surface area contributed by atoms with Gasteiger partial charge in [0, 0.05) is 23.5 Å². The summed E-state index contributed by atoms with van der Waals surface area (Å²) in [7, 11) is 0. The van der Waals surface area contributed by atoms with Crippen molar-refractivity contribution in [2.75, 3.05) is 11.4 Å². The van der Waals surface area contributed by atoms with Crippen LogP contribution in [0, 0.1) is 0 Å². The molecule has 106 valence electrons. The summed E-state index contributed by atoms with van der Waals surface area (Å²) in [6.07, 6.45) is 4.38. The molecule has 0 fully saturated rings. The predicted molar refractivity (Wildman–Crippen MR) is 86.5 cm³/mol. The van der Waals surface area contributed by atoms with Gasteiger partial charge in [0.2, 0.25) is 0 Å². The van der Waals surface area contributed by atoms with Crippen molar-refractivity contribution >= 4 is 29.4 Å². The molecular formula is C17H15ClN2O. The lowest BCUT2D eigenvalue weighted by Crippen LogP contribution is -2.36. The summed E-state index contributed by atoms with van der Waals surface area (Å²) in [6, 6.07) is 15.3. The van der Waals surface area contributed by atoms with E-state index in [0.29, 0.717) is 5.02 Å². The third-order valence-electron chi connectivity index (χ3n) is 3.46. The van der Waals surface area contributed by atoms with Crippen LogP contribution in [-0.4, -0.2) is 12.6 Å². The number of hydrogen-bond acceptors (Lipinski definition) is 1. The normalized spacial score (nSPS) is 13.5. The maximum atomic E-state index is 12.2. The number of para-hydroxylation sites is 1. The number of nitrogens with zero attached hydrogens (tertiary/aromatic N) is 1. The average molecular weight is 299 g/mol. The van der Waals surface area contributed by atoms with E-state index < -0.39 is 0 Å². The Morgan fingerprint density at radius 1 is 1.19 bits per heavy atom. The van der Waals surface area contributed by atoms with E-state index in [1.165, 1.54) is 5.56 Å². The van der Waals surface area contributed by atoms with Crippen LogP contribution in [-0.2, 0) is 6.42 Å². The van der Waals surface area contributed by atoms with Crippen molar-refractivity contribution < 1.29 is 4.79 Å². The lowest BCUT2D eigenvalue weighted by atomic mass is 10.2. The first-order valence-electron chi connectivity index (χ1n) is 6.82. The summed E-state index contributed by atoms with van der Waals surface area (Å²) in [6.45, 7) is 0.718. The van der Waals surface area contributed by atoms with Gasteiger partial charge in [-0.15, -0.1) is 0 Å². The number of fused-ring (bicyclic) bond motifs is 1. The van der Waals surface area contributed by atoms with Gasteiger partial charge in [0.15, 0.2) is 0 Å². The summed E-state index contributed by atoms with van der Waals surface area (Å²) >= 11 is 5.92. The Bertz CT molecular complexity index is 697. The smallest absolute Gasteiger partial charge is 0.314 e. The summed E-state index contributed by atoms with van der Waals surface area (Å²) in [5.41, 5.74) is 3.15. The van der Waals surface area contributed by atoms with Crippen LogP contribution in [0.3, 0.4) is 0 Å². The van der Waals surface area contributed by atoms with E-state index in [0.717, 1.165) is 24.2 Å². The van der Waals surface area contributed by atoms with Gasteiger partial charge in [0.05, 0.1) is 0 Å². The van der Waals surface area contributed by atoms with Crippen LogP contribution in [0.4, 0.5) is 10.5 Å². The Morgan fingerprint density at radius 2 is 2.05 bits per heavy atom. The van der Waals surface area contributed by atoms with Crippen LogP contribution < -0.4 is 10.2 Å². The molecule has 0 aromatic heterocycles. The molecule has 2 aromatic rings. The molecule has 2 aromatic carbocycles. The van der Waals surface area contributed by atoms with E-state index in [-0.39, 0.29) is 6.03 Å². The van der Waals surface area contributed by atoms with E-state index in [4.69, 9.17) is 11.6 Å². The van der Waals surface area contributed by atoms with E-state index in [9.17, 15) is 4.79 Å². The lowest BCUT2D eigenvalue weighted by molar-refractivity contribution is 0.250. The fourth-order valence-electron chi connectivity index (χ4n) is 2.45. The number of halogens is 1. The molecule has 0 spiro atoms. The quantitative estimate of drug-likeness (QED) is 0.890. The van der Waals surface area contributed by atoms with Crippen LogP contribution in [0.2, 0.25) is 5.02 Å². The van der Waals surface area contributed by atoms with Crippen molar-refractivity contribution in [3.63, 3.8) is 0 Å². The number of rotatable bonds is 2. The Hall–Kier alpha value is -2.26. The van der Waals surface area contributed by atoms with Gasteiger partial charge in [0.1, 0.15) is 0 Å². The van der Waals surface area contributed by atoms with Gasteiger partial charge in [-0.05, 0) is 41.8 Å². The number of carbonyl (C=O) groups excluding carboxylic acids is 1. The minimum absolute atomic E-state index is 0.113. The minimum Gasteiger partial charge on any atom is -0.314 e. The van der Waals surface area contributed by atoms with Crippen molar-refractivity contribution in [1.29, 1.82) is 0 Å². The molecule has 1 aliphatic heterocycles. The number of benzene rings is 2. The second-order valence-corrected chi connectivity index (χ2v) is 5.30. The van der Waals surface area contributed by atoms with Crippen LogP contribution >= 0.6 is 11.6 Å². The number of hydrogen-bond donors (Lipinski definition) is 1. The van der Waals surface area contributed by atoms with E-state index in [1.807, 2.05) is 48.5 Å². The van der Waals surface area contributed by atoms with Gasteiger partial charge in [-0.2, -0.15) is 0 Å². The minimum atomic E-state index is -0.113. The fourth-order valence-corrected chi connectivity index (χ4v) is 2.65. The molecule has 0 atom stereocenters. The van der Waals surface area contributed by atoms with Crippen LogP contribution in [0.15, 0.2) is 54.7 Å². The maximum absolute atomic E-state index is 12.2. The van der Waals surface area contributed by atoms with Crippen molar-refractivity contribution in [1.82, 2.24) is 5.32 Å². The third kappa shape index (κ3) is 3.09. The fraction of sp³-hybridized carbons (Fsp3) is 0.118. The molecule has 4 heteroatoms. The van der Waals surface area contributed by atoms with Crippen molar-refractivity contribution in [2.45, 2.75) is 6.42 Å². The van der Waals surface area contributed by atoms with Gasteiger partial charge in [-0.3, -0.25) is 4.90 Å². The Kier molecular flexibility index (Phi) is 3.93. The molecule has 1 aliphatic rings. The van der Waals surface area contributed by atoms with Gasteiger partial charge >= 0.3 is 6.03 Å².